The lowest BCUT2D eigenvalue weighted by molar-refractivity contribution is -0.147. The van der Waals surface area contributed by atoms with Gasteiger partial charge in [0.05, 0.1) is 19.1 Å². The van der Waals surface area contributed by atoms with Crippen molar-refractivity contribution >= 4 is 35.2 Å². The number of methoxy groups -OCH3 is 1. The van der Waals surface area contributed by atoms with Crippen molar-refractivity contribution in [2.24, 2.45) is 5.92 Å². The van der Waals surface area contributed by atoms with Crippen molar-refractivity contribution in [1.82, 2.24) is 19.7 Å². The monoisotopic (exact) mass is 434 g/mol. The molecule has 4 rings (SSSR count). The number of carbonyl (C=O) groups is 2. The largest absolute Gasteiger partial charge is 0.469 e. The highest BCUT2D eigenvalue weighted by Gasteiger charge is 2.44. The molecule has 0 bridgehead atoms. The lowest BCUT2D eigenvalue weighted by Gasteiger charge is -2.38. The van der Waals surface area contributed by atoms with E-state index in [1.807, 2.05) is 31.2 Å². The van der Waals surface area contributed by atoms with E-state index in [1.54, 1.807) is 0 Å². The number of rotatable bonds is 5. The molecule has 0 N–H and O–H groups in total. The first-order valence-corrected chi connectivity index (χ1v) is 11.0. The average molecular weight is 435 g/mol. The minimum absolute atomic E-state index is 0.0489. The molecule has 1 fully saturated rings. The number of fused-ring (bicyclic) bond motifs is 1. The Kier molecular flexibility index (Phi) is 5.94. The van der Waals surface area contributed by atoms with Gasteiger partial charge in [0.2, 0.25) is 0 Å². The van der Waals surface area contributed by atoms with Crippen LogP contribution in [0.4, 0.5) is 0 Å². The van der Waals surface area contributed by atoms with Gasteiger partial charge in [-0.05, 0) is 43.6 Å². The highest BCUT2D eigenvalue weighted by Crippen LogP contribution is 2.42. The van der Waals surface area contributed by atoms with Crippen LogP contribution in [0.3, 0.4) is 0 Å². The average Bonchev–Trinajstić information content (AvgIpc) is 3.29. The Bertz CT molecular complexity index is 909. The van der Waals surface area contributed by atoms with Gasteiger partial charge in [-0.3, -0.25) is 14.5 Å². The smallest absolute Gasteiger partial charge is 0.308 e. The van der Waals surface area contributed by atoms with E-state index in [0.29, 0.717) is 48.4 Å². The number of hydrogen-bond acceptors (Lipinski definition) is 7. The molecule has 0 amide bonds. The summed E-state index contributed by atoms with van der Waals surface area (Å²) in [4.78, 5) is 31.8. The molecule has 2 aliphatic heterocycles. The number of aromatic nitrogens is 3. The second kappa shape index (κ2) is 8.45. The molecule has 2 aliphatic rings. The molecule has 9 heteroatoms. The molecular weight excluding hydrogens is 412 g/mol. The SMILES string of the molecule is CCc1nc2n(n1)C(=O)C(C(c1ccc(Cl)cc1)N1CCC(C(=O)OC)CC1)S2. The molecule has 29 heavy (non-hydrogen) atoms. The predicted molar refractivity (Wildman–Crippen MR) is 110 cm³/mol. The first kappa shape index (κ1) is 20.4. The van der Waals surface area contributed by atoms with Gasteiger partial charge in [-0.1, -0.05) is 42.4 Å². The highest BCUT2D eigenvalue weighted by atomic mass is 35.5. The first-order chi connectivity index (χ1) is 14.0. The van der Waals surface area contributed by atoms with Crippen molar-refractivity contribution in [3.8, 4) is 0 Å². The molecule has 0 spiro atoms. The third kappa shape index (κ3) is 3.93. The minimum atomic E-state index is -0.341. The van der Waals surface area contributed by atoms with Crippen molar-refractivity contribution in [1.29, 1.82) is 0 Å². The Morgan fingerprint density at radius 1 is 1.31 bits per heavy atom. The Balaban J connectivity index is 1.60. The Hall–Kier alpha value is -1.90. The van der Waals surface area contributed by atoms with E-state index in [4.69, 9.17) is 16.3 Å². The van der Waals surface area contributed by atoms with E-state index in [2.05, 4.69) is 15.0 Å². The van der Waals surface area contributed by atoms with E-state index in [-0.39, 0.29) is 29.1 Å². The van der Waals surface area contributed by atoms with Crippen LogP contribution in [0.15, 0.2) is 29.4 Å². The fourth-order valence-electron chi connectivity index (χ4n) is 4.01. The summed E-state index contributed by atoms with van der Waals surface area (Å²) in [5, 5.41) is 5.33. The number of benzene rings is 1. The summed E-state index contributed by atoms with van der Waals surface area (Å²) in [5.74, 6) is 0.391. The second-order valence-corrected chi connectivity index (χ2v) is 8.83. The van der Waals surface area contributed by atoms with E-state index in [9.17, 15) is 9.59 Å². The molecule has 0 saturated carbocycles. The van der Waals surface area contributed by atoms with Crippen LogP contribution in [-0.4, -0.2) is 57.0 Å². The molecule has 154 valence electrons. The first-order valence-electron chi connectivity index (χ1n) is 9.76. The summed E-state index contributed by atoms with van der Waals surface area (Å²) in [5.41, 5.74) is 1.03. The summed E-state index contributed by atoms with van der Waals surface area (Å²) in [6.07, 6.45) is 2.12. The lowest BCUT2D eigenvalue weighted by atomic mass is 9.93. The van der Waals surface area contributed by atoms with Crippen LogP contribution >= 0.6 is 23.4 Å². The van der Waals surface area contributed by atoms with Gasteiger partial charge in [0.25, 0.3) is 5.91 Å². The van der Waals surface area contributed by atoms with Crippen molar-refractivity contribution in [3.63, 3.8) is 0 Å². The van der Waals surface area contributed by atoms with Gasteiger partial charge in [-0.25, -0.2) is 4.98 Å². The van der Waals surface area contributed by atoms with Crippen LogP contribution in [0.1, 0.15) is 42.0 Å². The number of hydrogen-bond donors (Lipinski definition) is 0. The highest BCUT2D eigenvalue weighted by molar-refractivity contribution is 8.00. The quantitative estimate of drug-likeness (QED) is 0.668. The maximum Gasteiger partial charge on any atom is 0.308 e. The minimum Gasteiger partial charge on any atom is -0.469 e. The normalized spacial score (nSPS) is 21.2. The number of esters is 1. The molecule has 0 radical (unpaired) electrons. The van der Waals surface area contributed by atoms with Crippen LogP contribution in [0.25, 0.3) is 0 Å². The van der Waals surface area contributed by atoms with E-state index >= 15 is 0 Å². The number of carbonyl (C=O) groups excluding carboxylic acids is 2. The number of aryl methyl sites for hydroxylation is 1. The second-order valence-electron chi connectivity index (χ2n) is 7.28. The number of thioether (sulfide) groups is 1. The van der Waals surface area contributed by atoms with Crippen LogP contribution < -0.4 is 0 Å². The fraction of sp³-hybridized carbons (Fsp3) is 0.500. The van der Waals surface area contributed by atoms with Crippen LogP contribution in [-0.2, 0) is 16.0 Å². The molecule has 1 saturated heterocycles. The van der Waals surface area contributed by atoms with Crippen LogP contribution in [0, 0.1) is 5.92 Å². The Morgan fingerprint density at radius 3 is 2.59 bits per heavy atom. The van der Waals surface area contributed by atoms with Gasteiger partial charge in [0.15, 0.2) is 11.0 Å². The van der Waals surface area contributed by atoms with Crippen LogP contribution in [0.5, 0.6) is 0 Å². The number of nitrogens with zero attached hydrogens (tertiary/aromatic N) is 4. The van der Waals surface area contributed by atoms with Gasteiger partial charge < -0.3 is 4.74 Å². The standard InChI is InChI=1S/C20H23ClN4O3S/c1-3-15-22-20-25(23-15)18(26)17(29-20)16(12-4-6-14(21)7-5-12)24-10-8-13(9-11-24)19(27)28-2/h4-7,13,16-17H,3,8-11H2,1-2H3. The molecule has 0 aliphatic carbocycles. The van der Waals surface area contributed by atoms with Gasteiger partial charge in [-0.15, -0.1) is 5.10 Å². The van der Waals surface area contributed by atoms with Crippen molar-refractivity contribution in [2.45, 2.75) is 42.6 Å². The summed E-state index contributed by atoms with van der Waals surface area (Å²) >= 11 is 7.55. The van der Waals surface area contributed by atoms with E-state index in [1.165, 1.54) is 23.6 Å². The van der Waals surface area contributed by atoms with Gasteiger partial charge in [-0.2, -0.15) is 4.68 Å². The zero-order chi connectivity index (χ0) is 20.5. The van der Waals surface area contributed by atoms with Crippen molar-refractivity contribution in [2.75, 3.05) is 20.2 Å². The maximum atomic E-state index is 13.2. The number of piperidine rings is 1. The topological polar surface area (TPSA) is 77.3 Å². The molecule has 2 unspecified atom stereocenters. The van der Waals surface area contributed by atoms with Gasteiger partial charge in [0, 0.05) is 11.4 Å². The van der Waals surface area contributed by atoms with Crippen molar-refractivity contribution in [3.05, 3.63) is 40.7 Å². The summed E-state index contributed by atoms with van der Waals surface area (Å²) in [6.45, 7) is 3.40. The molecule has 7 nitrogen and oxygen atoms in total. The van der Waals surface area contributed by atoms with E-state index in [0.717, 1.165) is 5.56 Å². The third-order valence-electron chi connectivity index (χ3n) is 5.58. The number of likely N-dealkylation sites (tertiary alicyclic amines) is 1. The number of halogens is 1. The van der Waals surface area contributed by atoms with Gasteiger partial charge in [0.1, 0.15) is 5.25 Å². The fourth-order valence-corrected chi connectivity index (χ4v) is 5.41. The maximum absolute atomic E-state index is 13.2. The van der Waals surface area contributed by atoms with Crippen molar-refractivity contribution < 1.29 is 14.3 Å². The summed E-state index contributed by atoms with van der Waals surface area (Å²) in [7, 11) is 1.43. The van der Waals surface area contributed by atoms with E-state index < -0.39 is 0 Å². The summed E-state index contributed by atoms with van der Waals surface area (Å²) < 4.78 is 6.35. The molecule has 2 aromatic rings. The lowest BCUT2D eigenvalue weighted by Crippen LogP contribution is -2.44. The zero-order valence-electron chi connectivity index (χ0n) is 16.4. The molecule has 1 aromatic heterocycles. The molecule has 1 aromatic carbocycles. The zero-order valence-corrected chi connectivity index (χ0v) is 17.9. The Labute approximate surface area is 178 Å². The summed E-state index contributed by atoms with van der Waals surface area (Å²) in [6, 6.07) is 7.50. The number of ether oxygens (including phenoxy) is 1. The molecule has 3 heterocycles. The third-order valence-corrected chi connectivity index (χ3v) is 7.02. The van der Waals surface area contributed by atoms with Crippen LogP contribution in [0.2, 0.25) is 5.02 Å². The molecular formula is C20H23ClN4O3S. The Morgan fingerprint density at radius 2 is 2.00 bits per heavy atom. The van der Waals surface area contributed by atoms with Gasteiger partial charge >= 0.3 is 5.97 Å². The predicted octanol–water partition coefficient (Wildman–Crippen LogP) is 3.23. The molecule has 2 atom stereocenters.